The molecule has 0 fully saturated rings. The molecule has 0 aliphatic heterocycles. The molecule has 46 heavy (non-hydrogen) atoms. The van der Waals surface area contributed by atoms with Crippen LogP contribution in [-0.2, 0) is 28.8 Å². The van der Waals surface area contributed by atoms with E-state index in [4.69, 9.17) is 10.4 Å². The summed E-state index contributed by atoms with van der Waals surface area (Å²) in [6.07, 6.45) is -2.95. The highest BCUT2D eigenvalue weighted by molar-refractivity contribution is 5.93. The van der Waals surface area contributed by atoms with E-state index < -0.39 is 70.6 Å². The van der Waals surface area contributed by atoms with Gasteiger partial charge in [0.2, 0.25) is 23.6 Å². The minimum absolute atomic E-state index is 0.0278. The average Bonchev–Trinajstić information content (AvgIpc) is 2.96. The van der Waals surface area contributed by atoms with Crippen LogP contribution in [-0.4, -0.2) is 94.5 Å². The van der Waals surface area contributed by atoms with Crippen LogP contribution in [0.1, 0.15) is 82.1 Å². The van der Waals surface area contributed by atoms with Crippen molar-refractivity contribution in [2.24, 2.45) is 34.5 Å². The number of aliphatic hydroxyl groups excluding tert-OH is 2. The van der Waals surface area contributed by atoms with Crippen molar-refractivity contribution < 1.29 is 49.4 Å². The topological polar surface area (TPSA) is 256 Å². The van der Waals surface area contributed by atoms with Gasteiger partial charge in [0, 0.05) is 14.1 Å². The molecule has 268 valence electrons. The summed E-state index contributed by atoms with van der Waals surface area (Å²) in [7, 11) is 2.93. The van der Waals surface area contributed by atoms with Gasteiger partial charge in [0.05, 0.1) is 11.8 Å². The SMILES string of the molecule is CNC(=O)[C@@H](NC(=O)[C@H](CC(C)C)[C@H](O)C(=O)NO)C(C)(C)C.CNC(=O)[C@@H](NC(=O)[C@H](CC(C)C)[C@H](O)C(=O)NO)C(C)(C)C. The number of hydrogen-bond acceptors (Lipinski definition) is 10. The molecule has 0 aromatic rings. The van der Waals surface area contributed by atoms with E-state index in [-0.39, 0.29) is 36.5 Å². The lowest BCUT2D eigenvalue weighted by atomic mass is 9.84. The summed E-state index contributed by atoms with van der Waals surface area (Å²) >= 11 is 0. The van der Waals surface area contributed by atoms with E-state index in [1.54, 1.807) is 41.5 Å². The molecule has 16 heteroatoms. The summed E-state index contributed by atoms with van der Waals surface area (Å²) in [6, 6.07) is -1.64. The smallest absolute Gasteiger partial charge is 0.272 e. The van der Waals surface area contributed by atoms with Gasteiger partial charge in [-0.25, -0.2) is 11.0 Å². The lowest BCUT2D eigenvalue weighted by Crippen LogP contribution is -2.56. The third-order valence-corrected chi connectivity index (χ3v) is 6.97. The van der Waals surface area contributed by atoms with Crippen LogP contribution in [0.25, 0.3) is 0 Å². The van der Waals surface area contributed by atoms with Gasteiger partial charge >= 0.3 is 0 Å². The first-order valence-corrected chi connectivity index (χ1v) is 15.2. The van der Waals surface area contributed by atoms with Gasteiger partial charge in [-0.1, -0.05) is 69.2 Å². The fourth-order valence-corrected chi connectivity index (χ4v) is 4.41. The molecule has 6 amide bonds. The number of rotatable bonds is 14. The highest BCUT2D eigenvalue weighted by Gasteiger charge is 2.39. The second-order valence-corrected chi connectivity index (χ2v) is 14.2. The van der Waals surface area contributed by atoms with Crippen LogP contribution >= 0.6 is 0 Å². The molecule has 0 aliphatic carbocycles. The van der Waals surface area contributed by atoms with E-state index in [0.29, 0.717) is 0 Å². The van der Waals surface area contributed by atoms with Crippen molar-refractivity contribution >= 4 is 35.4 Å². The Morgan fingerprint density at radius 2 is 0.783 bits per heavy atom. The van der Waals surface area contributed by atoms with Crippen LogP contribution in [0.15, 0.2) is 0 Å². The van der Waals surface area contributed by atoms with Crippen molar-refractivity contribution in [3.63, 3.8) is 0 Å². The Kier molecular flexibility index (Phi) is 19.5. The van der Waals surface area contributed by atoms with E-state index in [1.165, 1.54) is 25.1 Å². The highest BCUT2D eigenvalue weighted by Crippen LogP contribution is 2.24. The summed E-state index contributed by atoms with van der Waals surface area (Å²) in [5.41, 5.74) is 1.58. The van der Waals surface area contributed by atoms with Crippen molar-refractivity contribution in [2.75, 3.05) is 14.1 Å². The molecular weight excluding hydrogens is 604 g/mol. The normalized spacial score (nSPS) is 15.5. The van der Waals surface area contributed by atoms with Crippen molar-refractivity contribution in [3.05, 3.63) is 0 Å². The van der Waals surface area contributed by atoms with E-state index in [0.717, 1.165) is 0 Å². The van der Waals surface area contributed by atoms with E-state index in [1.807, 2.05) is 27.7 Å². The summed E-state index contributed by atoms with van der Waals surface area (Å²) in [5, 5.41) is 47.4. The summed E-state index contributed by atoms with van der Waals surface area (Å²) in [4.78, 5) is 71.9. The minimum Gasteiger partial charge on any atom is -0.382 e. The molecular formula is C30H58N6O10. The first kappa shape index (κ1) is 44.8. The standard InChI is InChI=1S/2C15H29N3O5/c2*1-8(2)7-9(10(19)13(21)18-23)12(20)17-11(14(22)16-6)15(3,4)5/h2*8-11,19,23H,7H2,1-6H3,(H,16,22)(H,17,20)(H,18,21)/t2*9-,10+,11-/m11/s1. The Morgan fingerprint density at radius 3 is 0.957 bits per heavy atom. The fourth-order valence-electron chi connectivity index (χ4n) is 4.41. The third-order valence-electron chi connectivity index (χ3n) is 6.97. The zero-order valence-electron chi connectivity index (χ0n) is 29.3. The quantitative estimate of drug-likeness (QED) is 0.0849. The van der Waals surface area contributed by atoms with Crippen LogP contribution in [0.3, 0.4) is 0 Å². The van der Waals surface area contributed by atoms with Gasteiger partial charge in [-0.05, 0) is 35.5 Å². The summed E-state index contributed by atoms with van der Waals surface area (Å²) in [5.74, 6) is -6.16. The highest BCUT2D eigenvalue weighted by atomic mass is 16.5. The number of nitrogens with one attached hydrogen (secondary N) is 6. The van der Waals surface area contributed by atoms with E-state index >= 15 is 0 Å². The summed E-state index contributed by atoms with van der Waals surface area (Å²) < 4.78 is 0. The molecule has 0 saturated carbocycles. The molecule has 16 nitrogen and oxygen atoms in total. The third kappa shape index (κ3) is 15.3. The molecule has 6 atom stereocenters. The van der Waals surface area contributed by atoms with Crippen LogP contribution in [0.5, 0.6) is 0 Å². The van der Waals surface area contributed by atoms with E-state index in [2.05, 4.69) is 21.3 Å². The lowest BCUT2D eigenvalue weighted by Gasteiger charge is -2.32. The monoisotopic (exact) mass is 662 g/mol. The molecule has 0 aliphatic rings. The molecule has 0 bridgehead atoms. The maximum Gasteiger partial charge on any atom is 0.272 e. The molecule has 0 saturated heterocycles. The zero-order valence-corrected chi connectivity index (χ0v) is 29.3. The first-order chi connectivity index (χ1) is 20.9. The number of likely N-dealkylation sites (N-methyl/N-ethyl adjacent to an activating group) is 2. The Bertz CT molecular complexity index is 943. The van der Waals surface area contributed by atoms with E-state index in [9.17, 15) is 39.0 Å². The van der Waals surface area contributed by atoms with Gasteiger partial charge in [-0.3, -0.25) is 39.2 Å². The van der Waals surface area contributed by atoms with Crippen LogP contribution in [0, 0.1) is 34.5 Å². The van der Waals surface area contributed by atoms with Crippen molar-refractivity contribution in [2.45, 2.75) is 106 Å². The van der Waals surface area contributed by atoms with Crippen LogP contribution in [0.4, 0.5) is 0 Å². The van der Waals surface area contributed by atoms with Gasteiger partial charge in [0.25, 0.3) is 11.8 Å². The predicted molar refractivity (Wildman–Crippen MR) is 169 cm³/mol. The molecule has 0 aromatic carbocycles. The van der Waals surface area contributed by atoms with Gasteiger partial charge in [0.1, 0.15) is 24.3 Å². The van der Waals surface area contributed by atoms with Gasteiger partial charge in [-0.2, -0.15) is 0 Å². The average molecular weight is 663 g/mol. The number of carbonyl (C=O) groups is 6. The Balaban J connectivity index is 0. The molecule has 0 rings (SSSR count). The van der Waals surface area contributed by atoms with Crippen LogP contribution in [0.2, 0.25) is 0 Å². The number of hydrogen-bond donors (Lipinski definition) is 10. The van der Waals surface area contributed by atoms with Crippen molar-refractivity contribution in [1.29, 1.82) is 0 Å². The van der Waals surface area contributed by atoms with Gasteiger partial charge in [0.15, 0.2) is 0 Å². The predicted octanol–water partition coefficient (Wildman–Crippen LogP) is -0.416. The van der Waals surface area contributed by atoms with Crippen molar-refractivity contribution in [1.82, 2.24) is 32.2 Å². The fraction of sp³-hybridized carbons (Fsp3) is 0.800. The number of carbonyl (C=O) groups excluding carboxylic acids is 6. The van der Waals surface area contributed by atoms with Gasteiger partial charge in [-0.15, -0.1) is 0 Å². The van der Waals surface area contributed by atoms with Gasteiger partial charge < -0.3 is 31.5 Å². The largest absolute Gasteiger partial charge is 0.382 e. The molecule has 0 aromatic heterocycles. The molecule has 0 spiro atoms. The number of amides is 6. The maximum atomic E-state index is 12.5. The second kappa shape index (κ2) is 20.0. The minimum atomic E-state index is -1.70. The van der Waals surface area contributed by atoms with Crippen molar-refractivity contribution in [3.8, 4) is 0 Å². The summed E-state index contributed by atoms with van der Waals surface area (Å²) in [6.45, 7) is 18.1. The molecule has 0 unspecified atom stereocenters. The Labute approximate surface area is 272 Å². The Morgan fingerprint density at radius 1 is 0.522 bits per heavy atom. The first-order valence-electron chi connectivity index (χ1n) is 15.2. The second-order valence-electron chi connectivity index (χ2n) is 14.2. The molecule has 10 N–H and O–H groups in total. The number of hydroxylamine groups is 2. The zero-order chi connectivity index (χ0) is 36.7. The molecule has 0 radical (unpaired) electrons. The number of aliphatic hydroxyl groups is 2. The van der Waals surface area contributed by atoms with Crippen LogP contribution < -0.4 is 32.2 Å². The lowest BCUT2D eigenvalue weighted by molar-refractivity contribution is -0.147. The Hall–Kier alpha value is -3.34. The maximum absolute atomic E-state index is 12.5. The molecule has 0 heterocycles.